The van der Waals surface area contributed by atoms with Gasteiger partial charge in [0.2, 0.25) is 5.91 Å². The van der Waals surface area contributed by atoms with Gasteiger partial charge in [-0.05, 0) is 5.92 Å². The molecule has 1 heterocycles. The number of nitrogens with zero attached hydrogens (tertiary/aromatic N) is 1. The zero-order chi connectivity index (χ0) is 12.8. The lowest BCUT2D eigenvalue weighted by Gasteiger charge is -2.03. The fourth-order valence-corrected chi connectivity index (χ4v) is 1.93. The van der Waals surface area contributed by atoms with E-state index in [1.807, 2.05) is 13.8 Å². The highest BCUT2D eigenvalue weighted by Crippen LogP contribution is 2.16. The first-order valence-electron chi connectivity index (χ1n) is 5.32. The molecule has 0 bridgehead atoms. The molecule has 0 aliphatic carbocycles. The summed E-state index contributed by atoms with van der Waals surface area (Å²) in [5.41, 5.74) is 0.613. The van der Waals surface area contributed by atoms with Gasteiger partial charge in [-0.1, -0.05) is 13.8 Å². The minimum atomic E-state index is -0.338. The Kier molecular flexibility index (Phi) is 5.09. The van der Waals surface area contributed by atoms with Crippen LogP contribution in [-0.2, 0) is 20.7 Å². The van der Waals surface area contributed by atoms with Gasteiger partial charge < -0.3 is 10.1 Å². The zero-order valence-electron chi connectivity index (χ0n) is 10.1. The Bertz CT molecular complexity index is 401. The Labute approximate surface area is 104 Å². The third-order valence-corrected chi connectivity index (χ3v) is 2.75. The molecule has 0 aliphatic rings. The normalized spacial score (nSPS) is 10.4. The summed E-state index contributed by atoms with van der Waals surface area (Å²) in [6, 6.07) is 0. The summed E-state index contributed by atoms with van der Waals surface area (Å²) in [4.78, 5) is 26.6. The number of carbonyl (C=O) groups is 2. The Morgan fingerprint density at radius 2 is 2.24 bits per heavy atom. The van der Waals surface area contributed by atoms with Crippen molar-refractivity contribution in [3.05, 3.63) is 11.1 Å². The first-order chi connectivity index (χ1) is 8.01. The van der Waals surface area contributed by atoms with Crippen molar-refractivity contribution in [1.82, 2.24) is 4.98 Å². The topological polar surface area (TPSA) is 68.3 Å². The number of nitrogens with one attached hydrogen (secondary N) is 1. The number of methoxy groups -OCH3 is 1. The van der Waals surface area contributed by atoms with Crippen LogP contribution in [0.25, 0.3) is 0 Å². The molecule has 0 fully saturated rings. The summed E-state index contributed by atoms with van der Waals surface area (Å²) in [5.74, 6) is -0.0844. The number of amides is 1. The smallest absolute Gasteiger partial charge is 0.311 e. The molecule has 1 aromatic rings. The highest BCUT2D eigenvalue weighted by atomic mass is 32.1. The van der Waals surface area contributed by atoms with Crippen LogP contribution in [0.1, 0.15) is 26.0 Å². The van der Waals surface area contributed by atoms with Crippen molar-refractivity contribution >= 4 is 28.3 Å². The summed E-state index contributed by atoms with van der Waals surface area (Å²) < 4.78 is 4.54. The van der Waals surface area contributed by atoms with Crippen molar-refractivity contribution in [3.63, 3.8) is 0 Å². The van der Waals surface area contributed by atoms with Crippen LogP contribution in [0.3, 0.4) is 0 Å². The first kappa shape index (κ1) is 13.6. The van der Waals surface area contributed by atoms with E-state index >= 15 is 0 Å². The van der Waals surface area contributed by atoms with Gasteiger partial charge in [0, 0.05) is 11.8 Å². The monoisotopic (exact) mass is 256 g/mol. The highest BCUT2D eigenvalue weighted by Gasteiger charge is 2.10. The highest BCUT2D eigenvalue weighted by molar-refractivity contribution is 7.13. The fourth-order valence-electron chi connectivity index (χ4n) is 1.21. The van der Waals surface area contributed by atoms with E-state index in [9.17, 15) is 9.59 Å². The van der Waals surface area contributed by atoms with Crippen LogP contribution in [-0.4, -0.2) is 24.0 Å². The van der Waals surface area contributed by atoms with E-state index in [4.69, 9.17) is 0 Å². The molecule has 0 unspecified atom stereocenters. The van der Waals surface area contributed by atoms with Gasteiger partial charge in [0.05, 0.1) is 19.2 Å². The molecular formula is C11H16N2O3S. The number of anilines is 1. The zero-order valence-corrected chi connectivity index (χ0v) is 11.0. The molecule has 0 aromatic carbocycles. The molecule has 94 valence electrons. The summed E-state index contributed by atoms with van der Waals surface area (Å²) in [6.45, 7) is 3.95. The summed E-state index contributed by atoms with van der Waals surface area (Å²) in [6.07, 6.45) is 0.596. The predicted molar refractivity (Wildman–Crippen MR) is 65.9 cm³/mol. The molecule has 1 amide bonds. The van der Waals surface area contributed by atoms with E-state index in [0.717, 1.165) is 0 Å². The number of carbonyl (C=O) groups excluding carboxylic acids is 2. The maximum Gasteiger partial charge on any atom is 0.311 e. The molecule has 5 nitrogen and oxygen atoms in total. The number of hydrogen-bond acceptors (Lipinski definition) is 5. The van der Waals surface area contributed by atoms with Crippen LogP contribution in [0.5, 0.6) is 0 Å². The van der Waals surface area contributed by atoms with Crippen molar-refractivity contribution in [2.75, 3.05) is 12.4 Å². The van der Waals surface area contributed by atoms with E-state index in [1.165, 1.54) is 18.4 Å². The van der Waals surface area contributed by atoms with Gasteiger partial charge in [-0.3, -0.25) is 9.59 Å². The van der Waals surface area contributed by atoms with Gasteiger partial charge in [0.1, 0.15) is 0 Å². The number of hydrogen-bond donors (Lipinski definition) is 1. The maximum atomic E-state index is 11.5. The Hall–Kier alpha value is -1.43. The summed E-state index contributed by atoms with van der Waals surface area (Å²) in [7, 11) is 1.33. The van der Waals surface area contributed by atoms with Crippen LogP contribution < -0.4 is 5.32 Å². The summed E-state index contributed by atoms with van der Waals surface area (Å²) in [5, 5.41) is 4.96. The second-order valence-electron chi connectivity index (χ2n) is 4.04. The lowest BCUT2D eigenvalue weighted by atomic mass is 10.1. The van der Waals surface area contributed by atoms with Crippen LogP contribution in [0.4, 0.5) is 5.13 Å². The quantitative estimate of drug-likeness (QED) is 0.816. The number of esters is 1. The second kappa shape index (κ2) is 6.34. The maximum absolute atomic E-state index is 11.5. The van der Waals surface area contributed by atoms with Gasteiger partial charge in [-0.2, -0.15) is 0 Å². The van der Waals surface area contributed by atoms with Gasteiger partial charge in [0.25, 0.3) is 0 Å². The van der Waals surface area contributed by atoms with Crippen molar-refractivity contribution in [3.8, 4) is 0 Å². The Balaban J connectivity index is 2.51. The van der Waals surface area contributed by atoms with E-state index in [0.29, 0.717) is 23.2 Å². The van der Waals surface area contributed by atoms with Crippen molar-refractivity contribution in [1.29, 1.82) is 0 Å². The predicted octanol–water partition coefficient (Wildman–Crippen LogP) is 1.84. The molecule has 0 radical (unpaired) electrons. The van der Waals surface area contributed by atoms with E-state index in [-0.39, 0.29) is 18.3 Å². The average molecular weight is 256 g/mol. The number of thiazole rings is 1. The first-order valence-corrected chi connectivity index (χ1v) is 6.20. The molecule has 6 heteroatoms. The number of ether oxygens (including phenoxy) is 1. The van der Waals surface area contributed by atoms with Crippen LogP contribution >= 0.6 is 11.3 Å². The molecule has 0 spiro atoms. The van der Waals surface area contributed by atoms with Crippen molar-refractivity contribution in [2.24, 2.45) is 5.92 Å². The van der Waals surface area contributed by atoms with Gasteiger partial charge in [-0.25, -0.2) is 4.98 Å². The SMILES string of the molecule is COC(=O)Cc1csc(NC(=O)CC(C)C)n1. The molecule has 0 saturated carbocycles. The van der Waals surface area contributed by atoms with Crippen LogP contribution in [0.15, 0.2) is 5.38 Å². The standard InChI is InChI=1S/C11H16N2O3S/c1-7(2)4-9(14)13-11-12-8(6-17-11)5-10(15)16-3/h6-7H,4-5H2,1-3H3,(H,12,13,14). The third-order valence-electron chi connectivity index (χ3n) is 1.94. The largest absolute Gasteiger partial charge is 0.469 e. The fraction of sp³-hybridized carbons (Fsp3) is 0.545. The minimum Gasteiger partial charge on any atom is -0.469 e. The third kappa shape index (κ3) is 4.95. The molecule has 1 aromatic heterocycles. The van der Waals surface area contributed by atoms with Crippen LogP contribution in [0, 0.1) is 5.92 Å². The van der Waals surface area contributed by atoms with E-state index < -0.39 is 0 Å². The molecule has 0 atom stereocenters. The number of aromatic nitrogens is 1. The molecular weight excluding hydrogens is 240 g/mol. The lowest BCUT2D eigenvalue weighted by Crippen LogP contribution is -2.13. The lowest BCUT2D eigenvalue weighted by molar-refractivity contribution is -0.139. The summed E-state index contributed by atoms with van der Waals surface area (Å²) >= 11 is 1.31. The molecule has 1 rings (SSSR count). The van der Waals surface area contributed by atoms with Gasteiger partial charge >= 0.3 is 5.97 Å². The molecule has 0 saturated heterocycles. The average Bonchev–Trinajstić information content (AvgIpc) is 2.63. The van der Waals surface area contributed by atoms with Crippen LogP contribution in [0.2, 0.25) is 0 Å². The molecule has 1 N–H and O–H groups in total. The van der Waals surface area contributed by atoms with Crippen molar-refractivity contribution in [2.45, 2.75) is 26.7 Å². The Morgan fingerprint density at radius 1 is 1.53 bits per heavy atom. The second-order valence-corrected chi connectivity index (χ2v) is 4.90. The molecule has 17 heavy (non-hydrogen) atoms. The number of rotatable bonds is 5. The van der Waals surface area contributed by atoms with Gasteiger partial charge in [-0.15, -0.1) is 11.3 Å². The van der Waals surface area contributed by atoms with Gasteiger partial charge in [0.15, 0.2) is 5.13 Å². The van der Waals surface area contributed by atoms with Crippen molar-refractivity contribution < 1.29 is 14.3 Å². The van der Waals surface area contributed by atoms with E-state index in [2.05, 4.69) is 15.0 Å². The molecule has 0 aliphatic heterocycles. The Morgan fingerprint density at radius 3 is 2.82 bits per heavy atom. The minimum absolute atomic E-state index is 0.0565. The van der Waals surface area contributed by atoms with E-state index in [1.54, 1.807) is 5.38 Å².